The highest BCUT2D eigenvalue weighted by molar-refractivity contribution is 4.89. The first kappa shape index (κ1) is 8.52. The van der Waals surface area contributed by atoms with Crippen molar-refractivity contribution in [1.82, 2.24) is 0 Å². The average molecular weight is 170 g/mol. The first-order valence-corrected chi connectivity index (χ1v) is 5.00. The van der Waals surface area contributed by atoms with Crippen molar-refractivity contribution >= 4 is 0 Å². The number of hydrogen-bond acceptors (Lipinski definition) is 2. The van der Waals surface area contributed by atoms with Crippen LogP contribution in [0, 0.1) is 23.7 Å². The number of aliphatic hydroxyl groups excluding tert-OH is 1. The van der Waals surface area contributed by atoms with E-state index in [0.29, 0.717) is 17.8 Å². The maximum Gasteiger partial charge on any atom is 0.157 e. The number of fused-ring (bicyclic) bond motifs is 1. The molecule has 0 radical (unpaired) electrons. The molecule has 1 aliphatic carbocycles. The zero-order valence-corrected chi connectivity index (χ0v) is 7.86. The second-order valence-corrected chi connectivity index (χ2v) is 4.50. The van der Waals surface area contributed by atoms with Crippen molar-refractivity contribution < 1.29 is 9.84 Å². The van der Waals surface area contributed by atoms with Crippen LogP contribution in [0.15, 0.2) is 0 Å². The predicted molar refractivity (Wildman–Crippen MR) is 46.5 cm³/mol. The minimum Gasteiger partial charge on any atom is -0.368 e. The van der Waals surface area contributed by atoms with Gasteiger partial charge in [0.15, 0.2) is 6.29 Å². The van der Waals surface area contributed by atoms with Gasteiger partial charge in [0.2, 0.25) is 0 Å². The molecule has 0 aromatic heterocycles. The number of rotatable bonds is 0. The van der Waals surface area contributed by atoms with Crippen LogP contribution in [0.5, 0.6) is 0 Å². The zero-order valence-electron chi connectivity index (χ0n) is 7.86. The summed E-state index contributed by atoms with van der Waals surface area (Å²) in [4.78, 5) is 0. The van der Waals surface area contributed by atoms with E-state index in [-0.39, 0.29) is 0 Å². The molecule has 2 aliphatic rings. The van der Waals surface area contributed by atoms with Gasteiger partial charge in [-0.05, 0) is 24.2 Å². The lowest BCUT2D eigenvalue weighted by molar-refractivity contribution is -0.0952. The summed E-state index contributed by atoms with van der Waals surface area (Å²) in [6.45, 7) is 5.30. The lowest BCUT2D eigenvalue weighted by Crippen LogP contribution is -2.34. The monoisotopic (exact) mass is 170 g/mol. The maximum atomic E-state index is 9.59. The molecule has 2 fully saturated rings. The van der Waals surface area contributed by atoms with E-state index in [4.69, 9.17) is 4.74 Å². The van der Waals surface area contributed by atoms with Crippen molar-refractivity contribution in [2.75, 3.05) is 6.61 Å². The number of hydrogen-bond donors (Lipinski definition) is 1. The van der Waals surface area contributed by atoms with Crippen LogP contribution in [0.4, 0.5) is 0 Å². The van der Waals surface area contributed by atoms with Gasteiger partial charge in [0.25, 0.3) is 0 Å². The Morgan fingerprint density at radius 3 is 2.50 bits per heavy atom. The third-order valence-electron chi connectivity index (χ3n) is 3.75. The summed E-state index contributed by atoms with van der Waals surface area (Å²) in [5.41, 5.74) is 0. The Labute approximate surface area is 73.9 Å². The number of aliphatic hydroxyl groups is 1. The van der Waals surface area contributed by atoms with Crippen molar-refractivity contribution in [1.29, 1.82) is 0 Å². The molecule has 5 unspecified atom stereocenters. The third kappa shape index (κ3) is 1.17. The predicted octanol–water partition coefficient (Wildman–Crippen LogP) is 1.63. The van der Waals surface area contributed by atoms with E-state index < -0.39 is 6.29 Å². The van der Waals surface area contributed by atoms with Gasteiger partial charge in [-0.1, -0.05) is 20.3 Å². The molecule has 0 bridgehead atoms. The molecule has 0 spiro atoms. The molecule has 1 heterocycles. The third-order valence-corrected chi connectivity index (χ3v) is 3.75. The Balaban J connectivity index is 2.13. The largest absolute Gasteiger partial charge is 0.368 e. The molecule has 1 aliphatic heterocycles. The van der Waals surface area contributed by atoms with Crippen molar-refractivity contribution in [3.05, 3.63) is 0 Å². The molecule has 70 valence electrons. The molecule has 1 saturated heterocycles. The van der Waals surface area contributed by atoms with Crippen molar-refractivity contribution in [2.45, 2.75) is 33.0 Å². The van der Waals surface area contributed by atoms with Crippen LogP contribution in [-0.2, 0) is 4.74 Å². The van der Waals surface area contributed by atoms with E-state index in [1.807, 2.05) is 0 Å². The Hall–Kier alpha value is -0.0800. The number of ether oxygens (including phenoxy) is 1. The summed E-state index contributed by atoms with van der Waals surface area (Å²) in [6, 6.07) is 0. The zero-order chi connectivity index (χ0) is 8.72. The van der Waals surface area contributed by atoms with E-state index in [9.17, 15) is 5.11 Å². The molecule has 2 heteroatoms. The Bertz CT molecular complexity index is 169. The SMILES string of the molecule is CC1CCC(C)C2C(O)OCC12. The normalized spacial score (nSPS) is 53.8. The molecule has 1 N–H and O–H groups in total. The minimum atomic E-state index is -0.479. The second-order valence-electron chi connectivity index (χ2n) is 4.50. The summed E-state index contributed by atoms with van der Waals surface area (Å²) >= 11 is 0. The van der Waals surface area contributed by atoms with Gasteiger partial charge in [-0.2, -0.15) is 0 Å². The molecule has 0 amide bonds. The Kier molecular flexibility index (Phi) is 2.13. The maximum absolute atomic E-state index is 9.59. The van der Waals surface area contributed by atoms with Gasteiger partial charge in [-0.3, -0.25) is 0 Å². The summed E-state index contributed by atoms with van der Waals surface area (Å²) in [5.74, 6) is 2.41. The molecular formula is C10H18O2. The smallest absolute Gasteiger partial charge is 0.157 e. The molecule has 12 heavy (non-hydrogen) atoms. The minimum absolute atomic E-state index is 0.411. The highest BCUT2D eigenvalue weighted by atomic mass is 16.6. The van der Waals surface area contributed by atoms with Crippen LogP contribution < -0.4 is 0 Å². The van der Waals surface area contributed by atoms with E-state index in [1.165, 1.54) is 12.8 Å². The highest BCUT2D eigenvalue weighted by Crippen LogP contribution is 2.44. The molecular weight excluding hydrogens is 152 g/mol. The first-order chi connectivity index (χ1) is 5.70. The summed E-state index contributed by atoms with van der Waals surface area (Å²) in [5, 5.41) is 9.59. The highest BCUT2D eigenvalue weighted by Gasteiger charge is 2.44. The second kappa shape index (κ2) is 3.00. The van der Waals surface area contributed by atoms with Crippen molar-refractivity contribution in [2.24, 2.45) is 23.7 Å². The van der Waals surface area contributed by atoms with Crippen LogP contribution in [0.25, 0.3) is 0 Å². The lowest BCUT2D eigenvalue weighted by atomic mass is 9.69. The van der Waals surface area contributed by atoms with E-state index in [1.54, 1.807) is 0 Å². The van der Waals surface area contributed by atoms with Gasteiger partial charge in [-0.15, -0.1) is 0 Å². The van der Waals surface area contributed by atoms with Gasteiger partial charge < -0.3 is 9.84 Å². The summed E-state index contributed by atoms with van der Waals surface area (Å²) in [6.07, 6.45) is 2.08. The molecule has 5 atom stereocenters. The fourth-order valence-electron chi connectivity index (χ4n) is 2.82. The lowest BCUT2D eigenvalue weighted by Gasteiger charge is -2.35. The van der Waals surface area contributed by atoms with Crippen LogP contribution in [0.2, 0.25) is 0 Å². The molecule has 1 saturated carbocycles. The molecule has 2 rings (SSSR count). The van der Waals surface area contributed by atoms with Gasteiger partial charge in [0, 0.05) is 5.92 Å². The summed E-state index contributed by atoms with van der Waals surface area (Å²) < 4.78 is 5.30. The van der Waals surface area contributed by atoms with Crippen molar-refractivity contribution in [3.8, 4) is 0 Å². The fraction of sp³-hybridized carbons (Fsp3) is 1.00. The Morgan fingerprint density at radius 2 is 1.83 bits per heavy atom. The first-order valence-electron chi connectivity index (χ1n) is 5.00. The van der Waals surface area contributed by atoms with Crippen LogP contribution in [-0.4, -0.2) is 18.0 Å². The van der Waals surface area contributed by atoms with Crippen LogP contribution in [0.1, 0.15) is 26.7 Å². The molecule has 2 nitrogen and oxygen atoms in total. The topological polar surface area (TPSA) is 29.5 Å². The fourth-order valence-corrected chi connectivity index (χ4v) is 2.82. The van der Waals surface area contributed by atoms with Gasteiger partial charge in [0.1, 0.15) is 0 Å². The molecule has 0 aromatic rings. The Morgan fingerprint density at radius 1 is 1.17 bits per heavy atom. The van der Waals surface area contributed by atoms with Gasteiger partial charge in [0.05, 0.1) is 6.61 Å². The van der Waals surface area contributed by atoms with E-state index in [2.05, 4.69) is 13.8 Å². The molecule has 0 aromatic carbocycles. The van der Waals surface area contributed by atoms with E-state index >= 15 is 0 Å². The average Bonchev–Trinajstić information content (AvgIpc) is 2.42. The van der Waals surface area contributed by atoms with Gasteiger partial charge >= 0.3 is 0 Å². The van der Waals surface area contributed by atoms with Crippen LogP contribution in [0.3, 0.4) is 0 Å². The van der Waals surface area contributed by atoms with Crippen molar-refractivity contribution in [3.63, 3.8) is 0 Å². The summed E-state index contributed by atoms with van der Waals surface area (Å²) in [7, 11) is 0. The van der Waals surface area contributed by atoms with Gasteiger partial charge in [-0.25, -0.2) is 0 Å². The van der Waals surface area contributed by atoms with Crippen LogP contribution >= 0.6 is 0 Å². The van der Waals surface area contributed by atoms with E-state index in [0.717, 1.165) is 12.5 Å². The quantitative estimate of drug-likeness (QED) is 0.598. The standard InChI is InChI=1S/C10H18O2/c1-6-3-4-7(2)9-8(6)5-12-10(9)11/h6-11H,3-5H2,1-2H3.